The summed E-state index contributed by atoms with van der Waals surface area (Å²) < 4.78 is 2.15. The number of rotatable bonds is 6. The molecule has 2 atom stereocenters. The Kier molecular flexibility index (Phi) is 5.48. The molecule has 6 nitrogen and oxygen atoms in total. The van der Waals surface area contributed by atoms with Crippen molar-refractivity contribution in [3.63, 3.8) is 0 Å². The van der Waals surface area contributed by atoms with Crippen molar-refractivity contribution in [1.29, 1.82) is 0 Å². The van der Waals surface area contributed by atoms with Gasteiger partial charge in [0, 0.05) is 19.1 Å². The molecule has 0 aliphatic carbocycles. The molecule has 2 heterocycles. The van der Waals surface area contributed by atoms with Crippen LogP contribution >= 0.6 is 0 Å². The van der Waals surface area contributed by atoms with Crippen LogP contribution in [-0.2, 0) is 17.9 Å². The second-order valence-electron chi connectivity index (χ2n) is 7.94. The molecule has 156 valence electrons. The highest BCUT2D eigenvalue weighted by atomic mass is 16.2. The van der Waals surface area contributed by atoms with Crippen molar-refractivity contribution in [3.8, 4) is 0 Å². The van der Waals surface area contributed by atoms with Crippen LogP contribution in [0.3, 0.4) is 0 Å². The normalized spacial score (nSPS) is 18.3. The monoisotopic (exact) mass is 411 g/mol. The molecule has 1 fully saturated rings. The molecule has 4 aromatic rings. The van der Waals surface area contributed by atoms with E-state index in [2.05, 4.69) is 68.2 Å². The lowest BCUT2D eigenvalue weighted by Crippen LogP contribution is -2.42. The first-order chi connectivity index (χ1) is 15.3. The lowest BCUT2D eigenvalue weighted by Gasteiger charge is -2.11. The Morgan fingerprint density at radius 1 is 0.935 bits per heavy atom. The number of fused-ring (bicyclic) bond motifs is 1. The molecular weight excluding hydrogens is 386 g/mol. The molecule has 0 spiro atoms. The van der Waals surface area contributed by atoms with E-state index in [1.54, 1.807) is 0 Å². The number of nitrogens with zero attached hydrogens (tertiary/aromatic N) is 2. The summed E-state index contributed by atoms with van der Waals surface area (Å²) in [6.45, 7) is 1.28. The number of hydrazine groups is 1. The maximum Gasteiger partial charge on any atom is 0.238 e. The highest BCUT2D eigenvalue weighted by molar-refractivity contribution is 5.82. The average molecular weight is 412 g/mol. The van der Waals surface area contributed by atoms with E-state index in [4.69, 9.17) is 0 Å². The van der Waals surface area contributed by atoms with Crippen LogP contribution in [-0.4, -0.2) is 21.5 Å². The lowest BCUT2D eigenvalue weighted by molar-refractivity contribution is -0.123. The molecule has 0 radical (unpaired) electrons. The standard InChI is InChI=1S/C25H25N5O/c31-25(23-14-22(28-29-23)20-6-2-1-3-7-20)26-15-18-10-12-19(13-11-18)16-30-17-27-21-8-4-5-9-24(21)30/h1-13,17,22-23,28-29H,14-16H2,(H,26,31). The Hall–Kier alpha value is -3.48. The number of amides is 1. The largest absolute Gasteiger partial charge is 0.351 e. The molecule has 6 heteroatoms. The molecule has 1 aromatic heterocycles. The number of hydrogen-bond acceptors (Lipinski definition) is 4. The molecule has 5 rings (SSSR count). The number of carbonyl (C=O) groups excluding carboxylic acids is 1. The summed E-state index contributed by atoms with van der Waals surface area (Å²) in [5.41, 5.74) is 11.9. The van der Waals surface area contributed by atoms with Gasteiger partial charge in [-0.05, 0) is 35.2 Å². The van der Waals surface area contributed by atoms with Crippen LogP contribution in [0, 0.1) is 0 Å². The first kappa shape index (κ1) is 19.5. The van der Waals surface area contributed by atoms with Crippen LogP contribution in [0.1, 0.15) is 29.2 Å². The van der Waals surface area contributed by atoms with Gasteiger partial charge in [-0.15, -0.1) is 0 Å². The summed E-state index contributed by atoms with van der Waals surface area (Å²) >= 11 is 0. The molecule has 1 saturated heterocycles. The smallest absolute Gasteiger partial charge is 0.238 e. The Morgan fingerprint density at radius 3 is 2.52 bits per heavy atom. The molecule has 1 amide bonds. The molecule has 2 unspecified atom stereocenters. The van der Waals surface area contributed by atoms with Gasteiger partial charge in [0.1, 0.15) is 6.04 Å². The van der Waals surface area contributed by atoms with Crippen molar-refractivity contribution in [1.82, 2.24) is 25.7 Å². The number of benzene rings is 3. The Morgan fingerprint density at radius 2 is 1.68 bits per heavy atom. The summed E-state index contributed by atoms with van der Waals surface area (Å²) in [5, 5.41) is 3.05. The maximum atomic E-state index is 12.6. The second-order valence-corrected chi connectivity index (χ2v) is 7.94. The van der Waals surface area contributed by atoms with Crippen molar-refractivity contribution >= 4 is 16.9 Å². The predicted molar refractivity (Wildman–Crippen MR) is 121 cm³/mol. The maximum absolute atomic E-state index is 12.6. The van der Waals surface area contributed by atoms with Gasteiger partial charge in [0.05, 0.1) is 17.4 Å². The molecule has 0 bridgehead atoms. The van der Waals surface area contributed by atoms with Gasteiger partial charge in [0.15, 0.2) is 0 Å². The molecule has 1 aliphatic heterocycles. The minimum absolute atomic E-state index is 0.0138. The quantitative estimate of drug-likeness (QED) is 0.455. The lowest BCUT2D eigenvalue weighted by atomic mass is 10.0. The first-order valence-electron chi connectivity index (χ1n) is 10.6. The van der Waals surface area contributed by atoms with Crippen molar-refractivity contribution in [2.75, 3.05) is 0 Å². The van der Waals surface area contributed by atoms with Crippen LogP contribution in [0.15, 0.2) is 85.2 Å². The minimum atomic E-state index is -0.237. The molecule has 31 heavy (non-hydrogen) atoms. The summed E-state index contributed by atoms with van der Waals surface area (Å²) in [6, 6.07) is 26.6. The van der Waals surface area contributed by atoms with Crippen molar-refractivity contribution in [3.05, 3.63) is 102 Å². The highest BCUT2D eigenvalue weighted by Gasteiger charge is 2.29. The van der Waals surface area contributed by atoms with E-state index in [1.807, 2.05) is 42.7 Å². The van der Waals surface area contributed by atoms with E-state index >= 15 is 0 Å². The van der Waals surface area contributed by atoms with Crippen molar-refractivity contribution in [2.45, 2.75) is 31.6 Å². The third-order valence-electron chi connectivity index (χ3n) is 5.79. The molecule has 0 saturated carbocycles. The van der Waals surface area contributed by atoms with Gasteiger partial charge in [-0.3, -0.25) is 4.79 Å². The van der Waals surface area contributed by atoms with Crippen molar-refractivity contribution in [2.24, 2.45) is 0 Å². The SMILES string of the molecule is O=C(NCc1ccc(Cn2cnc3ccccc32)cc1)C1CC(c2ccccc2)NN1. The van der Waals surface area contributed by atoms with Gasteiger partial charge in [0.2, 0.25) is 5.91 Å². The predicted octanol–water partition coefficient (Wildman–Crippen LogP) is 3.31. The van der Waals surface area contributed by atoms with Crippen LogP contribution < -0.4 is 16.2 Å². The Bertz CT molecular complexity index is 1170. The molecule has 3 aromatic carbocycles. The van der Waals surface area contributed by atoms with Crippen LogP contribution in [0.5, 0.6) is 0 Å². The summed E-state index contributed by atoms with van der Waals surface area (Å²) in [7, 11) is 0. The Labute approximate surface area is 181 Å². The third kappa shape index (κ3) is 4.35. The highest BCUT2D eigenvalue weighted by Crippen LogP contribution is 2.22. The fourth-order valence-corrected chi connectivity index (χ4v) is 4.04. The number of hydrogen-bond donors (Lipinski definition) is 3. The average Bonchev–Trinajstić information content (AvgIpc) is 3.47. The number of carbonyl (C=O) groups is 1. The van der Waals surface area contributed by atoms with Gasteiger partial charge in [-0.25, -0.2) is 15.8 Å². The summed E-state index contributed by atoms with van der Waals surface area (Å²) in [4.78, 5) is 17.0. The molecule has 3 N–H and O–H groups in total. The van der Waals surface area contributed by atoms with Gasteiger partial charge in [-0.1, -0.05) is 66.7 Å². The van der Waals surface area contributed by atoms with Crippen molar-refractivity contribution < 1.29 is 4.79 Å². The fourth-order valence-electron chi connectivity index (χ4n) is 4.04. The Balaban J connectivity index is 1.15. The third-order valence-corrected chi connectivity index (χ3v) is 5.79. The van der Waals surface area contributed by atoms with Crippen LogP contribution in [0.4, 0.5) is 0 Å². The summed E-state index contributed by atoms with van der Waals surface area (Å²) in [6.07, 6.45) is 2.61. The van der Waals surface area contributed by atoms with E-state index in [-0.39, 0.29) is 18.0 Å². The zero-order valence-electron chi connectivity index (χ0n) is 17.2. The molecular formula is C25H25N5O. The number of aromatic nitrogens is 2. The van der Waals surface area contributed by atoms with Gasteiger partial charge < -0.3 is 9.88 Å². The second kappa shape index (κ2) is 8.71. The zero-order chi connectivity index (χ0) is 21.0. The van der Waals surface area contributed by atoms with Gasteiger partial charge >= 0.3 is 0 Å². The number of imidazole rings is 1. The number of para-hydroxylation sites is 2. The van der Waals surface area contributed by atoms with Crippen LogP contribution in [0.2, 0.25) is 0 Å². The zero-order valence-corrected chi connectivity index (χ0v) is 17.2. The fraction of sp³-hybridized carbons (Fsp3) is 0.200. The van der Waals surface area contributed by atoms with Crippen LogP contribution in [0.25, 0.3) is 11.0 Å². The van der Waals surface area contributed by atoms with E-state index in [0.29, 0.717) is 6.54 Å². The minimum Gasteiger partial charge on any atom is -0.351 e. The van der Waals surface area contributed by atoms with E-state index in [0.717, 1.165) is 29.6 Å². The van der Waals surface area contributed by atoms with Gasteiger partial charge in [-0.2, -0.15) is 0 Å². The number of nitrogens with one attached hydrogen (secondary N) is 3. The molecule has 1 aliphatic rings. The first-order valence-corrected chi connectivity index (χ1v) is 10.6. The van der Waals surface area contributed by atoms with E-state index in [9.17, 15) is 4.79 Å². The van der Waals surface area contributed by atoms with E-state index < -0.39 is 0 Å². The van der Waals surface area contributed by atoms with Gasteiger partial charge in [0.25, 0.3) is 0 Å². The topological polar surface area (TPSA) is 71.0 Å². The summed E-state index contributed by atoms with van der Waals surface area (Å²) in [5.74, 6) is 0.0138. The van der Waals surface area contributed by atoms with E-state index in [1.165, 1.54) is 11.1 Å².